The van der Waals surface area contributed by atoms with E-state index in [0.29, 0.717) is 5.02 Å². The van der Waals surface area contributed by atoms with Crippen LogP contribution in [0.2, 0.25) is 5.02 Å². The molecular formula is C14H11ClN2S3. The Kier molecular flexibility index (Phi) is 4.31. The predicted molar refractivity (Wildman–Crippen MR) is 91.9 cm³/mol. The van der Waals surface area contributed by atoms with Gasteiger partial charge in [-0.15, -0.1) is 34.4 Å². The topological polar surface area (TPSA) is 24.9 Å². The third-order valence-corrected chi connectivity index (χ3v) is 5.88. The third kappa shape index (κ3) is 2.86. The van der Waals surface area contributed by atoms with Crippen LogP contribution in [0.5, 0.6) is 0 Å². The minimum absolute atomic E-state index is 0.699. The molecule has 2 aromatic heterocycles. The SMILES string of the molecule is CSc1sccc1-c1csc(Nc2ccccc2Cl)n1. The van der Waals surface area contributed by atoms with Gasteiger partial charge in [-0.25, -0.2) is 4.98 Å². The number of thioether (sulfide) groups is 1. The van der Waals surface area contributed by atoms with Gasteiger partial charge in [0.25, 0.3) is 0 Å². The Balaban J connectivity index is 1.86. The second-order valence-electron chi connectivity index (χ2n) is 3.97. The number of thiazole rings is 1. The molecule has 0 aliphatic carbocycles. The lowest BCUT2D eigenvalue weighted by Crippen LogP contribution is -1.90. The summed E-state index contributed by atoms with van der Waals surface area (Å²) < 4.78 is 1.29. The fraction of sp³-hybridized carbons (Fsp3) is 0.0714. The van der Waals surface area contributed by atoms with Gasteiger partial charge in [0.15, 0.2) is 5.13 Å². The molecule has 1 aromatic carbocycles. The summed E-state index contributed by atoms with van der Waals surface area (Å²) in [6.45, 7) is 0. The van der Waals surface area contributed by atoms with Gasteiger partial charge in [-0.2, -0.15) is 0 Å². The molecule has 3 rings (SSSR count). The van der Waals surface area contributed by atoms with E-state index < -0.39 is 0 Å². The van der Waals surface area contributed by atoms with Gasteiger partial charge in [0.1, 0.15) is 0 Å². The standard InChI is InChI=1S/C14H11ClN2S3/c1-18-13-9(6-7-19-13)12-8-20-14(17-12)16-11-5-3-2-4-10(11)15/h2-8H,1H3,(H,16,17). The van der Waals surface area contributed by atoms with Gasteiger partial charge in [-0.1, -0.05) is 23.7 Å². The summed E-state index contributed by atoms with van der Waals surface area (Å²) in [5.74, 6) is 0. The van der Waals surface area contributed by atoms with Gasteiger partial charge >= 0.3 is 0 Å². The first kappa shape index (κ1) is 13.9. The molecule has 0 saturated heterocycles. The van der Waals surface area contributed by atoms with Crippen LogP contribution < -0.4 is 5.32 Å². The van der Waals surface area contributed by atoms with Gasteiger partial charge in [-0.3, -0.25) is 0 Å². The molecule has 2 nitrogen and oxygen atoms in total. The lowest BCUT2D eigenvalue weighted by molar-refractivity contribution is 1.37. The van der Waals surface area contributed by atoms with E-state index in [9.17, 15) is 0 Å². The van der Waals surface area contributed by atoms with Crippen molar-refractivity contribution in [1.29, 1.82) is 0 Å². The van der Waals surface area contributed by atoms with Crippen LogP contribution in [0.1, 0.15) is 0 Å². The number of hydrogen-bond donors (Lipinski definition) is 1. The van der Waals surface area contributed by atoms with E-state index in [0.717, 1.165) is 16.5 Å². The lowest BCUT2D eigenvalue weighted by Gasteiger charge is -2.04. The molecule has 0 atom stereocenters. The zero-order valence-electron chi connectivity index (χ0n) is 10.6. The highest BCUT2D eigenvalue weighted by Gasteiger charge is 2.10. The van der Waals surface area contributed by atoms with Gasteiger partial charge in [0.05, 0.1) is 20.6 Å². The van der Waals surface area contributed by atoms with Crippen molar-refractivity contribution in [3.05, 3.63) is 46.1 Å². The summed E-state index contributed by atoms with van der Waals surface area (Å²) in [5, 5.41) is 8.99. The summed E-state index contributed by atoms with van der Waals surface area (Å²) in [6.07, 6.45) is 2.09. The molecule has 0 aliphatic heterocycles. The summed E-state index contributed by atoms with van der Waals surface area (Å²) in [6, 6.07) is 9.79. The van der Waals surface area contributed by atoms with Crippen molar-refractivity contribution in [2.75, 3.05) is 11.6 Å². The molecule has 0 unspecified atom stereocenters. The Morgan fingerprint density at radius 2 is 2.05 bits per heavy atom. The fourth-order valence-corrected chi connectivity index (χ4v) is 4.25. The van der Waals surface area contributed by atoms with Gasteiger partial charge < -0.3 is 5.32 Å². The molecule has 0 radical (unpaired) electrons. The average molecular weight is 339 g/mol. The Morgan fingerprint density at radius 1 is 1.20 bits per heavy atom. The minimum atomic E-state index is 0.699. The maximum Gasteiger partial charge on any atom is 0.187 e. The van der Waals surface area contributed by atoms with Crippen LogP contribution >= 0.6 is 46.0 Å². The van der Waals surface area contributed by atoms with Crippen LogP contribution in [0, 0.1) is 0 Å². The monoisotopic (exact) mass is 338 g/mol. The second kappa shape index (κ2) is 6.18. The highest BCUT2D eigenvalue weighted by atomic mass is 35.5. The van der Waals surface area contributed by atoms with Crippen molar-refractivity contribution < 1.29 is 0 Å². The number of hydrogen-bond acceptors (Lipinski definition) is 5. The van der Waals surface area contributed by atoms with Crippen LogP contribution in [-0.2, 0) is 0 Å². The number of thiophene rings is 1. The zero-order valence-corrected chi connectivity index (χ0v) is 13.8. The Morgan fingerprint density at radius 3 is 2.85 bits per heavy atom. The molecule has 0 bridgehead atoms. The average Bonchev–Trinajstić information content (AvgIpc) is 3.09. The minimum Gasteiger partial charge on any atom is -0.330 e. The van der Waals surface area contributed by atoms with Crippen LogP contribution in [-0.4, -0.2) is 11.2 Å². The number of nitrogens with one attached hydrogen (secondary N) is 1. The molecule has 0 fully saturated rings. The molecule has 20 heavy (non-hydrogen) atoms. The van der Waals surface area contributed by atoms with Crippen LogP contribution in [0.15, 0.2) is 45.3 Å². The number of nitrogens with zero attached hydrogens (tertiary/aromatic N) is 1. The van der Waals surface area contributed by atoms with E-state index in [2.05, 4.69) is 33.4 Å². The first-order chi connectivity index (χ1) is 9.78. The Labute approximate surface area is 134 Å². The van der Waals surface area contributed by atoms with Crippen molar-refractivity contribution in [2.24, 2.45) is 0 Å². The molecule has 102 valence electrons. The molecule has 0 amide bonds. The normalized spacial score (nSPS) is 10.7. The highest BCUT2D eigenvalue weighted by Crippen LogP contribution is 2.37. The van der Waals surface area contributed by atoms with Crippen molar-refractivity contribution >= 4 is 56.9 Å². The lowest BCUT2D eigenvalue weighted by atomic mass is 10.3. The van der Waals surface area contributed by atoms with Crippen molar-refractivity contribution in [3.63, 3.8) is 0 Å². The number of rotatable bonds is 4. The van der Waals surface area contributed by atoms with E-state index in [1.54, 1.807) is 34.4 Å². The number of aromatic nitrogens is 1. The van der Waals surface area contributed by atoms with E-state index >= 15 is 0 Å². The van der Waals surface area contributed by atoms with Crippen molar-refractivity contribution in [1.82, 2.24) is 4.98 Å². The summed E-state index contributed by atoms with van der Waals surface area (Å²) in [5.41, 5.74) is 3.09. The van der Waals surface area contributed by atoms with Gasteiger partial charge in [-0.05, 0) is 29.8 Å². The first-order valence-corrected chi connectivity index (χ1v) is 9.23. The smallest absolute Gasteiger partial charge is 0.187 e. The Hall–Kier alpha value is -1.01. The van der Waals surface area contributed by atoms with Gasteiger partial charge in [0.2, 0.25) is 0 Å². The predicted octanol–water partition coefficient (Wildman–Crippen LogP) is 5.99. The molecule has 3 aromatic rings. The summed E-state index contributed by atoms with van der Waals surface area (Å²) in [4.78, 5) is 4.64. The zero-order chi connectivity index (χ0) is 13.9. The molecule has 1 N–H and O–H groups in total. The van der Waals surface area contributed by atoms with Crippen LogP contribution in [0.3, 0.4) is 0 Å². The molecule has 0 aliphatic rings. The largest absolute Gasteiger partial charge is 0.330 e. The number of para-hydroxylation sites is 1. The third-order valence-electron chi connectivity index (χ3n) is 2.71. The maximum absolute atomic E-state index is 6.14. The fourth-order valence-electron chi connectivity index (χ4n) is 1.78. The number of anilines is 2. The quantitative estimate of drug-likeness (QED) is 0.591. The van der Waals surface area contributed by atoms with Crippen molar-refractivity contribution in [2.45, 2.75) is 4.21 Å². The van der Waals surface area contributed by atoms with Gasteiger partial charge in [0, 0.05) is 10.9 Å². The molecular weight excluding hydrogens is 328 g/mol. The number of benzene rings is 1. The molecule has 0 saturated carbocycles. The summed E-state index contributed by atoms with van der Waals surface area (Å²) in [7, 11) is 0. The number of halogens is 1. The second-order valence-corrected chi connectivity index (χ2v) is 7.22. The highest BCUT2D eigenvalue weighted by molar-refractivity contribution is 8.00. The van der Waals surface area contributed by atoms with Crippen molar-refractivity contribution in [3.8, 4) is 11.3 Å². The van der Waals surface area contributed by atoms with Crippen LogP contribution in [0.25, 0.3) is 11.3 Å². The molecule has 2 heterocycles. The molecule has 0 spiro atoms. The van der Waals surface area contributed by atoms with E-state index in [-0.39, 0.29) is 0 Å². The summed E-state index contributed by atoms with van der Waals surface area (Å²) >= 11 is 11.2. The van der Waals surface area contributed by atoms with Crippen LogP contribution in [0.4, 0.5) is 10.8 Å². The Bertz CT molecular complexity index is 721. The van der Waals surface area contributed by atoms with E-state index in [4.69, 9.17) is 11.6 Å². The van der Waals surface area contributed by atoms with E-state index in [1.807, 2.05) is 24.3 Å². The van der Waals surface area contributed by atoms with E-state index in [1.165, 1.54) is 9.77 Å². The maximum atomic E-state index is 6.14. The first-order valence-electron chi connectivity index (χ1n) is 5.87. The molecule has 6 heteroatoms.